The van der Waals surface area contributed by atoms with Crippen molar-refractivity contribution in [3.05, 3.63) is 0 Å². The molecule has 0 spiro atoms. The van der Waals surface area contributed by atoms with E-state index in [0.29, 0.717) is 18.2 Å². The summed E-state index contributed by atoms with van der Waals surface area (Å²) in [5, 5.41) is 3.41. The minimum absolute atomic E-state index is 0.525. The van der Waals surface area contributed by atoms with Crippen LogP contribution in [0.2, 0.25) is 0 Å². The van der Waals surface area contributed by atoms with Crippen LogP contribution in [0.25, 0.3) is 0 Å². The van der Waals surface area contributed by atoms with Gasteiger partial charge in [0.15, 0.2) is 0 Å². The molecule has 94 valence electrons. The summed E-state index contributed by atoms with van der Waals surface area (Å²) in [6.07, 6.45) is 7.10. The lowest BCUT2D eigenvalue weighted by Crippen LogP contribution is -2.55. The molecule has 3 unspecified atom stereocenters. The quantitative estimate of drug-likeness (QED) is 0.788. The monoisotopic (exact) mass is 226 g/mol. The zero-order valence-corrected chi connectivity index (χ0v) is 10.7. The van der Waals surface area contributed by atoms with Gasteiger partial charge in [-0.25, -0.2) is 0 Å². The fourth-order valence-corrected chi connectivity index (χ4v) is 3.11. The molecule has 1 aliphatic heterocycles. The number of nitrogens with zero attached hydrogens (tertiary/aromatic N) is 1. The Balaban J connectivity index is 1.91. The molecule has 1 saturated carbocycles. The summed E-state index contributed by atoms with van der Waals surface area (Å²) in [6.45, 7) is 5.51. The third-order valence-corrected chi connectivity index (χ3v) is 4.20. The highest BCUT2D eigenvalue weighted by molar-refractivity contribution is 4.88. The van der Waals surface area contributed by atoms with Crippen molar-refractivity contribution in [1.82, 2.24) is 10.2 Å². The lowest BCUT2D eigenvalue weighted by Gasteiger charge is -2.44. The molecule has 1 N–H and O–H groups in total. The smallest absolute Gasteiger partial charge is 0.0730 e. The first kappa shape index (κ1) is 12.3. The van der Waals surface area contributed by atoms with Crippen molar-refractivity contribution in [3.63, 3.8) is 0 Å². The Kier molecular flexibility index (Phi) is 4.62. The number of ether oxygens (including phenoxy) is 1. The van der Waals surface area contributed by atoms with Crippen LogP contribution in [0, 0.1) is 0 Å². The number of rotatable bonds is 4. The van der Waals surface area contributed by atoms with Gasteiger partial charge < -0.3 is 10.1 Å². The van der Waals surface area contributed by atoms with Gasteiger partial charge in [-0.1, -0.05) is 19.8 Å². The molecule has 2 fully saturated rings. The maximum Gasteiger partial charge on any atom is 0.0730 e. The summed E-state index contributed by atoms with van der Waals surface area (Å²) in [5.41, 5.74) is 0. The van der Waals surface area contributed by atoms with E-state index in [1.54, 1.807) is 0 Å². The van der Waals surface area contributed by atoms with Crippen molar-refractivity contribution in [2.45, 2.75) is 57.2 Å². The first-order valence-electron chi connectivity index (χ1n) is 6.88. The van der Waals surface area contributed by atoms with Gasteiger partial charge in [0, 0.05) is 25.2 Å². The molecule has 1 heterocycles. The first-order valence-corrected chi connectivity index (χ1v) is 6.88. The van der Waals surface area contributed by atoms with E-state index in [4.69, 9.17) is 4.74 Å². The Morgan fingerprint density at radius 2 is 2.19 bits per heavy atom. The fourth-order valence-electron chi connectivity index (χ4n) is 3.11. The summed E-state index contributed by atoms with van der Waals surface area (Å²) in [5.74, 6) is 0. The highest BCUT2D eigenvalue weighted by Crippen LogP contribution is 2.28. The molecular formula is C13H26N2O. The number of hydrogen-bond acceptors (Lipinski definition) is 3. The van der Waals surface area contributed by atoms with Gasteiger partial charge in [0.25, 0.3) is 0 Å². The number of nitrogens with one attached hydrogen (secondary N) is 1. The summed E-state index contributed by atoms with van der Waals surface area (Å²) < 4.78 is 5.90. The van der Waals surface area contributed by atoms with Gasteiger partial charge in [-0.05, 0) is 26.3 Å². The van der Waals surface area contributed by atoms with E-state index in [2.05, 4.69) is 24.2 Å². The van der Waals surface area contributed by atoms with Crippen LogP contribution in [0.15, 0.2) is 0 Å². The van der Waals surface area contributed by atoms with E-state index in [1.165, 1.54) is 38.6 Å². The normalized spacial score (nSPS) is 33.4. The van der Waals surface area contributed by atoms with E-state index in [1.807, 2.05) is 0 Å². The van der Waals surface area contributed by atoms with Crippen molar-refractivity contribution in [3.8, 4) is 0 Å². The fraction of sp³-hybridized carbons (Fsp3) is 1.00. The summed E-state index contributed by atoms with van der Waals surface area (Å²) in [7, 11) is 2.08. The number of likely N-dealkylation sites (N-methyl/N-ethyl adjacent to an activating group) is 1. The zero-order chi connectivity index (χ0) is 11.4. The van der Waals surface area contributed by atoms with Crippen LogP contribution in [-0.2, 0) is 4.74 Å². The Hall–Kier alpha value is -0.120. The summed E-state index contributed by atoms with van der Waals surface area (Å²) >= 11 is 0. The van der Waals surface area contributed by atoms with Gasteiger partial charge in [-0.2, -0.15) is 0 Å². The molecule has 0 aromatic rings. The van der Waals surface area contributed by atoms with E-state index < -0.39 is 0 Å². The largest absolute Gasteiger partial charge is 0.375 e. The second-order valence-electron chi connectivity index (χ2n) is 5.15. The Bertz CT molecular complexity index is 204. The van der Waals surface area contributed by atoms with Crippen LogP contribution in [0.1, 0.15) is 39.0 Å². The maximum atomic E-state index is 5.90. The SMILES string of the molecule is CCC(CN1CCOC2CCCCC21)NC. The molecule has 3 heteroatoms. The van der Waals surface area contributed by atoms with Crippen molar-refractivity contribution in [1.29, 1.82) is 0 Å². The second kappa shape index (κ2) is 5.99. The number of morpholine rings is 1. The average molecular weight is 226 g/mol. The van der Waals surface area contributed by atoms with E-state index in [9.17, 15) is 0 Å². The van der Waals surface area contributed by atoms with Crippen LogP contribution < -0.4 is 5.32 Å². The van der Waals surface area contributed by atoms with Crippen molar-refractivity contribution in [2.75, 3.05) is 26.7 Å². The summed E-state index contributed by atoms with van der Waals surface area (Å²) in [4.78, 5) is 2.66. The number of hydrogen-bond donors (Lipinski definition) is 1. The molecule has 0 aromatic carbocycles. The topological polar surface area (TPSA) is 24.5 Å². The van der Waals surface area contributed by atoms with Gasteiger partial charge in [0.2, 0.25) is 0 Å². The average Bonchev–Trinajstić information content (AvgIpc) is 2.36. The first-order chi connectivity index (χ1) is 7.85. The highest BCUT2D eigenvalue weighted by atomic mass is 16.5. The molecule has 2 rings (SSSR count). The molecule has 2 aliphatic rings. The van der Waals surface area contributed by atoms with Gasteiger partial charge >= 0.3 is 0 Å². The zero-order valence-electron chi connectivity index (χ0n) is 10.7. The molecule has 1 saturated heterocycles. The van der Waals surface area contributed by atoms with Crippen LogP contribution in [0.3, 0.4) is 0 Å². The van der Waals surface area contributed by atoms with Crippen LogP contribution in [0.5, 0.6) is 0 Å². The molecule has 1 aliphatic carbocycles. The van der Waals surface area contributed by atoms with Gasteiger partial charge in [0.1, 0.15) is 0 Å². The Morgan fingerprint density at radius 1 is 1.38 bits per heavy atom. The summed E-state index contributed by atoms with van der Waals surface area (Å²) in [6, 6.07) is 1.34. The van der Waals surface area contributed by atoms with Crippen LogP contribution >= 0.6 is 0 Å². The van der Waals surface area contributed by atoms with Gasteiger partial charge in [-0.15, -0.1) is 0 Å². The third kappa shape index (κ3) is 2.76. The highest BCUT2D eigenvalue weighted by Gasteiger charge is 2.34. The molecule has 3 atom stereocenters. The van der Waals surface area contributed by atoms with Gasteiger partial charge in [-0.3, -0.25) is 4.90 Å². The van der Waals surface area contributed by atoms with Crippen LogP contribution in [-0.4, -0.2) is 49.8 Å². The number of fused-ring (bicyclic) bond motifs is 1. The lowest BCUT2D eigenvalue weighted by molar-refractivity contribution is -0.0900. The minimum atomic E-state index is 0.525. The maximum absolute atomic E-state index is 5.90. The third-order valence-electron chi connectivity index (χ3n) is 4.20. The van der Waals surface area contributed by atoms with E-state index in [-0.39, 0.29) is 0 Å². The molecule has 0 radical (unpaired) electrons. The molecule has 16 heavy (non-hydrogen) atoms. The molecule has 0 aromatic heterocycles. The van der Waals surface area contributed by atoms with Crippen LogP contribution in [0.4, 0.5) is 0 Å². The predicted molar refractivity (Wildman–Crippen MR) is 66.7 cm³/mol. The molecule has 0 bridgehead atoms. The van der Waals surface area contributed by atoms with E-state index in [0.717, 1.165) is 13.2 Å². The van der Waals surface area contributed by atoms with Crippen molar-refractivity contribution in [2.24, 2.45) is 0 Å². The Morgan fingerprint density at radius 3 is 2.94 bits per heavy atom. The van der Waals surface area contributed by atoms with Crippen molar-refractivity contribution < 1.29 is 4.74 Å². The minimum Gasteiger partial charge on any atom is -0.375 e. The molecular weight excluding hydrogens is 200 g/mol. The Labute approximate surface area is 99.5 Å². The molecule has 3 nitrogen and oxygen atoms in total. The van der Waals surface area contributed by atoms with E-state index >= 15 is 0 Å². The standard InChI is InChI=1S/C13H26N2O/c1-3-11(14-2)10-15-8-9-16-13-7-5-4-6-12(13)15/h11-14H,3-10H2,1-2H3. The predicted octanol–water partition coefficient (Wildman–Crippen LogP) is 1.63. The van der Waals surface area contributed by atoms with Gasteiger partial charge in [0.05, 0.1) is 12.7 Å². The van der Waals surface area contributed by atoms with Crippen molar-refractivity contribution >= 4 is 0 Å². The second-order valence-corrected chi connectivity index (χ2v) is 5.15. The molecule has 0 amide bonds. The lowest BCUT2D eigenvalue weighted by atomic mass is 9.90.